The zero-order valence-electron chi connectivity index (χ0n) is 14.3. The van der Waals surface area contributed by atoms with Crippen LogP contribution in [0.25, 0.3) is 10.6 Å². The molecule has 0 radical (unpaired) electrons. The molecule has 0 aliphatic carbocycles. The SMILES string of the molecule is CCOc1ccc(-c2nc(CN[C@H](C(=O)O)[C@@H](C)CC)cs2)cc1. The molecule has 0 amide bonds. The average Bonchev–Trinajstić information content (AvgIpc) is 3.04. The number of benzene rings is 1. The van der Waals surface area contributed by atoms with Gasteiger partial charge in [0.25, 0.3) is 0 Å². The van der Waals surface area contributed by atoms with E-state index in [0.29, 0.717) is 13.2 Å². The summed E-state index contributed by atoms with van der Waals surface area (Å²) in [5, 5.41) is 15.3. The molecule has 130 valence electrons. The molecule has 6 heteroatoms. The Hall–Kier alpha value is -1.92. The third-order valence-corrected chi connectivity index (χ3v) is 4.89. The molecule has 0 spiro atoms. The highest BCUT2D eigenvalue weighted by Crippen LogP contribution is 2.26. The monoisotopic (exact) mass is 348 g/mol. The molecule has 1 heterocycles. The molecular formula is C18H24N2O3S. The maximum Gasteiger partial charge on any atom is 0.320 e. The molecule has 0 saturated carbocycles. The number of nitrogens with one attached hydrogen (secondary N) is 1. The lowest BCUT2D eigenvalue weighted by atomic mass is 9.99. The molecule has 0 fully saturated rings. The minimum Gasteiger partial charge on any atom is -0.494 e. The van der Waals surface area contributed by atoms with E-state index in [0.717, 1.165) is 28.4 Å². The molecule has 1 aromatic carbocycles. The van der Waals surface area contributed by atoms with Gasteiger partial charge in [0.2, 0.25) is 0 Å². The van der Waals surface area contributed by atoms with E-state index in [-0.39, 0.29) is 5.92 Å². The van der Waals surface area contributed by atoms with Crippen molar-refractivity contribution in [2.45, 2.75) is 39.8 Å². The van der Waals surface area contributed by atoms with E-state index >= 15 is 0 Å². The van der Waals surface area contributed by atoms with Crippen molar-refractivity contribution < 1.29 is 14.6 Å². The molecule has 2 N–H and O–H groups in total. The molecule has 2 rings (SSSR count). The Bertz CT molecular complexity index is 655. The summed E-state index contributed by atoms with van der Waals surface area (Å²) in [4.78, 5) is 15.9. The number of carboxylic acids is 1. The van der Waals surface area contributed by atoms with E-state index < -0.39 is 12.0 Å². The average molecular weight is 348 g/mol. The van der Waals surface area contributed by atoms with Crippen molar-refractivity contribution in [2.24, 2.45) is 5.92 Å². The normalized spacial score (nSPS) is 13.5. The third-order valence-electron chi connectivity index (χ3n) is 3.95. The molecule has 0 aliphatic rings. The van der Waals surface area contributed by atoms with E-state index in [4.69, 9.17) is 4.74 Å². The smallest absolute Gasteiger partial charge is 0.320 e. The number of aliphatic carboxylic acids is 1. The summed E-state index contributed by atoms with van der Waals surface area (Å²) in [5.41, 5.74) is 1.89. The summed E-state index contributed by atoms with van der Waals surface area (Å²) >= 11 is 1.56. The number of nitrogens with zero attached hydrogens (tertiary/aromatic N) is 1. The second-order valence-electron chi connectivity index (χ2n) is 5.68. The van der Waals surface area contributed by atoms with Crippen LogP contribution in [-0.4, -0.2) is 28.7 Å². The second-order valence-corrected chi connectivity index (χ2v) is 6.54. The summed E-state index contributed by atoms with van der Waals surface area (Å²) in [7, 11) is 0. The quantitative estimate of drug-likeness (QED) is 0.721. The summed E-state index contributed by atoms with van der Waals surface area (Å²) in [6, 6.07) is 7.29. The number of aromatic nitrogens is 1. The van der Waals surface area contributed by atoms with Gasteiger partial charge in [-0.2, -0.15) is 0 Å². The van der Waals surface area contributed by atoms with Crippen molar-refractivity contribution in [3.63, 3.8) is 0 Å². The first-order valence-corrected chi connectivity index (χ1v) is 9.06. The molecule has 2 aromatic rings. The summed E-state index contributed by atoms with van der Waals surface area (Å²) < 4.78 is 5.44. The number of hydrogen-bond donors (Lipinski definition) is 2. The zero-order chi connectivity index (χ0) is 17.5. The van der Waals surface area contributed by atoms with Gasteiger partial charge >= 0.3 is 5.97 Å². The lowest BCUT2D eigenvalue weighted by molar-refractivity contribution is -0.140. The Morgan fingerprint density at radius 2 is 2.04 bits per heavy atom. The van der Waals surface area contributed by atoms with Crippen molar-refractivity contribution in [1.29, 1.82) is 0 Å². The molecule has 24 heavy (non-hydrogen) atoms. The van der Waals surface area contributed by atoms with Crippen LogP contribution in [0.4, 0.5) is 0 Å². The van der Waals surface area contributed by atoms with Crippen molar-refractivity contribution in [3.05, 3.63) is 35.3 Å². The highest BCUT2D eigenvalue weighted by atomic mass is 32.1. The number of rotatable bonds is 9. The maximum absolute atomic E-state index is 11.3. The summed E-state index contributed by atoms with van der Waals surface area (Å²) in [6.07, 6.45) is 0.818. The maximum atomic E-state index is 11.3. The van der Waals surface area contributed by atoms with Gasteiger partial charge in [-0.15, -0.1) is 11.3 Å². The highest BCUT2D eigenvalue weighted by Gasteiger charge is 2.22. The van der Waals surface area contributed by atoms with Crippen LogP contribution in [0.5, 0.6) is 5.75 Å². The Morgan fingerprint density at radius 3 is 2.62 bits per heavy atom. The molecule has 0 bridgehead atoms. The van der Waals surface area contributed by atoms with Gasteiger partial charge in [-0.3, -0.25) is 10.1 Å². The minimum atomic E-state index is -0.814. The third kappa shape index (κ3) is 4.79. The summed E-state index contributed by atoms with van der Waals surface area (Å²) in [5.74, 6) is 0.107. The van der Waals surface area contributed by atoms with Crippen molar-refractivity contribution in [3.8, 4) is 16.3 Å². The van der Waals surface area contributed by atoms with Crippen LogP contribution in [0.1, 0.15) is 32.9 Å². The van der Waals surface area contributed by atoms with Gasteiger partial charge in [0.1, 0.15) is 16.8 Å². The molecule has 2 atom stereocenters. The van der Waals surface area contributed by atoms with Crippen molar-refractivity contribution >= 4 is 17.3 Å². The predicted molar refractivity (Wildman–Crippen MR) is 96.4 cm³/mol. The fraction of sp³-hybridized carbons (Fsp3) is 0.444. The first-order chi connectivity index (χ1) is 11.5. The Morgan fingerprint density at radius 1 is 1.33 bits per heavy atom. The van der Waals surface area contributed by atoms with Crippen LogP contribution >= 0.6 is 11.3 Å². The first-order valence-electron chi connectivity index (χ1n) is 8.19. The summed E-state index contributed by atoms with van der Waals surface area (Å²) in [6.45, 7) is 6.99. The largest absolute Gasteiger partial charge is 0.494 e. The van der Waals surface area contributed by atoms with Crippen LogP contribution in [0, 0.1) is 5.92 Å². The van der Waals surface area contributed by atoms with E-state index in [1.54, 1.807) is 11.3 Å². The van der Waals surface area contributed by atoms with Crippen LogP contribution < -0.4 is 10.1 Å². The van der Waals surface area contributed by atoms with Gasteiger partial charge in [0.05, 0.1) is 12.3 Å². The minimum absolute atomic E-state index is 0.0757. The van der Waals surface area contributed by atoms with Gasteiger partial charge in [0, 0.05) is 17.5 Å². The first kappa shape index (κ1) is 18.4. The standard InChI is InChI=1S/C18H24N2O3S/c1-4-12(3)16(18(21)22)19-10-14-11-24-17(20-14)13-6-8-15(9-7-13)23-5-2/h6-9,11-12,16,19H,4-5,10H2,1-3H3,(H,21,22)/t12-,16-/m0/s1. The second kappa shape index (κ2) is 8.80. The van der Waals surface area contributed by atoms with Gasteiger partial charge in [0.15, 0.2) is 0 Å². The van der Waals surface area contributed by atoms with Gasteiger partial charge < -0.3 is 9.84 Å². The molecular weight excluding hydrogens is 324 g/mol. The molecule has 0 aliphatic heterocycles. The van der Waals surface area contributed by atoms with E-state index in [1.165, 1.54) is 0 Å². The topological polar surface area (TPSA) is 71.5 Å². The van der Waals surface area contributed by atoms with Gasteiger partial charge in [-0.25, -0.2) is 4.98 Å². The van der Waals surface area contributed by atoms with E-state index in [1.807, 2.05) is 50.4 Å². The lowest BCUT2D eigenvalue weighted by Gasteiger charge is -2.19. The van der Waals surface area contributed by atoms with Crippen molar-refractivity contribution in [2.75, 3.05) is 6.61 Å². The number of hydrogen-bond acceptors (Lipinski definition) is 5. The zero-order valence-corrected chi connectivity index (χ0v) is 15.1. The van der Waals surface area contributed by atoms with Gasteiger partial charge in [-0.05, 0) is 37.1 Å². The highest BCUT2D eigenvalue weighted by molar-refractivity contribution is 7.13. The predicted octanol–water partition coefficient (Wildman–Crippen LogP) is 3.80. The van der Waals surface area contributed by atoms with Crippen LogP contribution in [-0.2, 0) is 11.3 Å². The van der Waals surface area contributed by atoms with Crippen molar-refractivity contribution in [1.82, 2.24) is 10.3 Å². The Kier molecular flexibility index (Phi) is 6.75. The molecule has 0 saturated heterocycles. The fourth-order valence-electron chi connectivity index (χ4n) is 2.36. The molecule has 0 unspecified atom stereocenters. The number of ether oxygens (including phenoxy) is 1. The molecule has 1 aromatic heterocycles. The number of carboxylic acid groups (broad SMARTS) is 1. The number of thiazole rings is 1. The Labute approximate surface area is 146 Å². The van der Waals surface area contributed by atoms with Crippen LogP contribution in [0.15, 0.2) is 29.6 Å². The molecule has 5 nitrogen and oxygen atoms in total. The fourth-order valence-corrected chi connectivity index (χ4v) is 3.19. The Balaban J connectivity index is 2.01. The van der Waals surface area contributed by atoms with E-state index in [2.05, 4.69) is 10.3 Å². The van der Waals surface area contributed by atoms with Crippen LogP contribution in [0.3, 0.4) is 0 Å². The lowest BCUT2D eigenvalue weighted by Crippen LogP contribution is -2.41. The van der Waals surface area contributed by atoms with E-state index in [9.17, 15) is 9.90 Å². The number of carbonyl (C=O) groups is 1. The van der Waals surface area contributed by atoms with Gasteiger partial charge in [-0.1, -0.05) is 20.3 Å². The van der Waals surface area contributed by atoms with Crippen LogP contribution in [0.2, 0.25) is 0 Å².